The van der Waals surface area contributed by atoms with E-state index in [4.69, 9.17) is 0 Å². The van der Waals surface area contributed by atoms with Crippen LogP contribution in [0.5, 0.6) is 0 Å². The minimum Gasteiger partial charge on any atom is -0.283 e. The molecule has 1 rings (SSSR count). The van der Waals surface area contributed by atoms with Crippen molar-refractivity contribution in [1.82, 2.24) is 4.90 Å². The normalized spacial score (nSPS) is 16.7. The Bertz CT molecular complexity index is 201. The number of unbranched alkanes of at least 4 members (excludes halogenated alkanes) is 2. The lowest BCUT2D eigenvalue weighted by molar-refractivity contribution is -0.141. The monoisotopic (exact) mass is 183 g/mol. The van der Waals surface area contributed by atoms with E-state index in [-0.39, 0.29) is 11.8 Å². The number of imide groups is 1. The SMILES string of the molecule is CCCCCC(=O)N1CCCC1=O. The number of hydrogen-bond donors (Lipinski definition) is 0. The minimum absolute atomic E-state index is 0.0153. The Balaban J connectivity index is 2.26. The fraction of sp³-hybridized carbons (Fsp3) is 0.800. The standard InChI is InChI=1S/C10H17NO2/c1-2-3-4-6-9(12)11-8-5-7-10(11)13/h2-8H2,1H3. The van der Waals surface area contributed by atoms with Crippen LogP contribution in [0.3, 0.4) is 0 Å². The molecule has 13 heavy (non-hydrogen) atoms. The average molecular weight is 183 g/mol. The van der Waals surface area contributed by atoms with Crippen LogP contribution in [0.15, 0.2) is 0 Å². The Morgan fingerprint density at radius 1 is 1.46 bits per heavy atom. The van der Waals surface area contributed by atoms with Gasteiger partial charge in [0.2, 0.25) is 11.8 Å². The van der Waals surface area contributed by atoms with Crippen LogP contribution in [0.4, 0.5) is 0 Å². The van der Waals surface area contributed by atoms with Gasteiger partial charge in [-0.25, -0.2) is 0 Å². The van der Waals surface area contributed by atoms with Crippen LogP contribution in [-0.2, 0) is 9.59 Å². The van der Waals surface area contributed by atoms with E-state index in [1.54, 1.807) is 0 Å². The molecule has 0 radical (unpaired) electrons. The van der Waals surface area contributed by atoms with Gasteiger partial charge in [0.25, 0.3) is 0 Å². The van der Waals surface area contributed by atoms with Crippen LogP contribution in [0.1, 0.15) is 45.4 Å². The van der Waals surface area contributed by atoms with Gasteiger partial charge in [0.05, 0.1) is 0 Å². The highest BCUT2D eigenvalue weighted by Crippen LogP contribution is 2.12. The molecule has 1 heterocycles. The number of amides is 2. The number of carbonyl (C=O) groups excluding carboxylic acids is 2. The zero-order chi connectivity index (χ0) is 9.68. The van der Waals surface area contributed by atoms with Crippen LogP contribution in [0.25, 0.3) is 0 Å². The van der Waals surface area contributed by atoms with Gasteiger partial charge in [-0.2, -0.15) is 0 Å². The zero-order valence-electron chi connectivity index (χ0n) is 8.21. The lowest BCUT2D eigenvalue weighted by atomic mass is 10.2. The molecular weight excluding hydrogens is 166 g/mol. The van der Waals surface area contributed by atoms with Crippen molar-refractivity contribution in [1.29, 1.82) is 0 Å². The molecule has 0 aromatic rings. The van der Waals surface area contributed by atoms with Gasteiger partial charge in [0, 0.05) is 19.4 Å². The Hall–Kier alpha value is -0.860. The number of carbonyl (C=O) groups is 2. The van der Waals surface area contributed by atoms with Gasteiger partial charge in [-0.05, 0) is 12.8 Å². The van der Waals surface area contributed by atoms with E-state index >= 15 is 0 Å². The second kappa shape index (κ2) is 5.00. The summed E-state index contributed by atoms with van der Waals surface area (Å²) in [5, 5.41) is 0. The number of hydrogen-bond acceptors (Lipinski definition) is 2. The van der Waals surface area contributed by atoms with E-state index in [9.17, 15) is 9.59 Å². The van der Waals surface area contributed by atoms with Crippen molar-refractivity contribution in [3.63, 3.8) is 0 Å². The summed E-state index contributed by atoms with van der Waals surface area (Å²) in [6, 6.07) is 0. The highest BCUT2D eigenvalue weighted by molar-refractivity contribution is 5.96. The van der Waals surface area contributed by atoms with Gasteiger partial charge in [-0.15, -0.1) is 0 Å². The molecule has 0 saturated carbocycles. The van der Waals surface area contributed by atoms with Crippen LogP contribution >= 0.6 is 0 Å². The second-order valence-corrected chi connectivity index (χ2v) is 3.50. The summed E-state index contributed by atoms with van der Waals surface area (Å²) in [6.45, 7) is 2.75. The first-order valence-corrected chi connectivity index (χ1v) is 5.09. The van der Waals surface area contributed by atoms with Gasteiger partial charge in [-0.1, -0.05) is 19.8 Å². The molecule has 0 aromatic heterocycles. The molecule has 74 valence electrons. The molecule has 1 fully saturated rings. The Morgan fingerprint density at radius 2 is 2.23 bits per heavy atom. The molecule has 1 saturated heterocycles. The third kappa shape index (κ3) is 2.83. The quantitative estimate of drug-likeness (QED) is 0.622. The molecule has 0 aliphatic carbocycles. The minimum atomic E-state index is 0.0153. The summed E-state index contributed by atoms with van der Waals surface area (Å²) in [4.78, 5) is 24.0. The summed E-state index contributed by atoms with van der Waals surface area (Å²) in [5.74, 6) is 0.0393. The fourth-order valence-electron chi connectivity index (χ4n) is 1.57. The van der Waals surface area contributed by atoms with Crippen molar-refractivity contribution in [3.8, 4) is 0 Å². The van der Waals surface area contributed by atoms with Gasteiger partial charge in [0.15, 0.2) is 0 Å². The summed E-state index contributed by atoms with van der Waals surface area (Å²) in [7, 11) is 0. The van der Waals surface area contributed by atoms with Crippen molar-refractivity contribution < 1.29 is 9.59 Å². The molecule has 1 aliphatic heterocycles. The lowest BCUT2D eigenvalue weighted by Crippen LogP contribution is -2.31. The van der Waals surface area contributed by atoms with E-state index in [0.29, 0.717) is 19.4 Å². The first kappa shape index (κ1) is 10.2. The predicted octanol–water partition coefficient (Wildman–Crippen LogP) is 1.72. The third-order valence-corrected chi connectivity index (χ3v) is 2.37. The zero-order valence-corrected chi connectivity index (χ0v) is 8.21. The largest absolute Gasteiger partial charge is 0.283 e. The number of likely N-dealkylation sites (tertiary alicyclic amines) is 1. The molecule has 0 unspecified atom stereocenters. The molecule has 0 aromatic carbocycles. The molecule has 0 bridgehead atoms. The van der Waals surface area contributed by atoms with E-state index in [2.05, 4.69) is 6.92 Å². The summed E-state index contributed by atoms with van der Waals surface area (Å²) in [5.41, 5.74) is 0. The van der Waals surface area contributed by atoms with Crippen molar-refractivity contribution in [2.75, 3.05) is 6.54 Å². The second-order valence-electron chi connectivity index (χ2n) is 3.50. The molecule has 0 N–H and O–H groups in total. The van der Waals surface area contributed by atoms with Crippen LogP contribution in [0.2, 0.25) is 0 Å². The molecule has 0 spiro atoms. The molecular formula is C10H17NO2. The van der Waals surface area contributed by atoms with E-state index < -0.39 is 0 Å². The number of rotatable bonds is 4. The fourth-order valence-corrected chi connectivity index (χ4v) is 1.57. The van der Waals surface area contributed by atoms with E-state index in [1.807, 2.05) is 0 Å². The lowest BCUT2D eigenvalue weighted by Gasteiger charge is -2.12. The van der Waals surface area contributed by atoms with Gasteiger partial charge in [-0.3, -0.25) is 14.5 Å². The first-order valence-electron chi connectivity index (χ1n) is 5.09. The Morgan fingerprint density at radius 3 is 2.77 bits per heavy atom. The maximum absolute atomic E-state index is 11.4. The topological polar surface area (TPSA) is 37.4 Å². The molecule has 3 heteroatoms. The Kier molecular flexibility index (Phi) is 3.93. The smallest absolute Gasteiger partial charge is 0.229 e. The molecule has 1 aliphatic rings. The predicted molar refractivity (Wildman–Crippen MR) is 50.1 cm³/mol. The van der Waals surface area contributed by atoms with Crippen LogP contribution in [-0.4, -0.2) is 23.3 Å². The van der Waals surface area contributed by atoms with Gasteiger partial charge < -0.3 is 0 Å². The third-order valence-electron chi connectivity index (χ3n) is 2.37. The molecule has 3 nitrogen and oxygen atoms in total. The molecule has 2 amide bonds. The number of nitrogens with zero attached hydrogens (tertiary/aromatic N) is 1. The first-order chi connectivity index (χ1) is 6.25. The average Bonchev–Trinajstić information content (AvgIpc) is 2.52. The highest BCUT2D eigenvalue weighted by Gasteiger charge is 2.25. The summed E-state index contributed by atoms with van der Waals surface area (Å²) < 4.78 is 0. The van der Waals surface area contributed by atoms with Crippen LogP contribution in [0, 0.1) is 0 Å². The van der Waals surface area contributed by atoms with Crippen molar-refractivity contribution >= 4 is 11.8 Å². The Labute approximate surface area is 79.1 Å². The van der Waals surface area contributed by atoms with Crippen molar-refractivity contribution in [2.24, 2.45) is 0 Å². The van der Waals surface area contributed by atoms with Crippen LogP contribution < -0.4 is 0 Å². The summed E-state index contributed by atoms with van der Waals surface area (Å²) in [6.07, 6.45) is 5.05. The van der Waals surface area contributed by atoms with Crippen molar-refractivity contribution in [2.45, 2.75) is 45.4 Å². The maximum Gasteiger partial charge on any atom is 0.229 e. The van der Waals surface area contributed by atoms with E-state index in [1.165, 1.54) is 4.90 Å². The highest BCUT2D eigenvalue weighted by atomic mass is 16.2. The summed E-state index contributed by atoms with van der Waals surface area (Å²) >= 11 is 0. The van der Waals surface area contributed by atoms with Gasteiger partial charge >= 0.3 is 0 Å². The van der Waals surface area contributed by atoms with Crippen molar-refractivity contribution in [3.05, 3.63) is 0 Å². The maximum atomic E-state index is 11.4. The van der Waals surface area contributed by atoms with Gasteiger partial charge in [0.1, 0.15) is 0 Å². The van der Waals surface area contributed by atoms with E-state index in [0.717, 1.165) is 25.7 Å². The molecule has 0 atom stereocenters.